The molecule has 0 spiro atoms. The minimum absolute atomic E-state index is 0.385. The van der Waals surface area contributed by atoms with E-state index >= 15 is 0 Å². The van der Waals surface area contributed by atoms with Crippen molar-refractivity contribution in [1.82, 2.24) is 15.1 Å². The molecule has 0 amide bonds. The number of morpholine rings is 1. The van der Waals surface area contributed by atoms with Crippen LogP contribution in [0.2, 0.25) is 0 Å². The van der Waals surface area contributed by atoms with Gasteiger partial charge in [0.1, 0.15) is 0 Å². The highest BCUT2D eigenvalue weighted by atomic mass is 16.5. The van der Waals surface area contributed by atoms with Crippen molar-refractivity contribution in [3.05, 3.63) is 0 Å². The van der Waals surface area contributed by atoms with Crippen LogP contribution in [0.15, 0.2) is 0 Å². The molecular formula is C11H25N3O. The molecule has 4 heteroatoms. The Bertz CT molecular complexity index is 166. The summed E-state index contributed by atoms with van der Waals surface area (Å²) in [7, 11) is 4.32. The first-order valence-corrected chi connectivity index (χ1v) is 5.91. The summed E-state index contributed by atoms with van der Waals surface area (Å²) in [5.74, 6) is 0. The fraction of sp³-hybridized carbons (Fsp3) is 1.00. The van der Waals surface area contributed by atoms with Gasteiger partial charge in [-0.3, -0.25) is 0 Å². The van der Waals surface area contributed by atoms with Crippen LogP contribution in [0.5, 0.6) is 0 Å². The predicted molar refractivity (Wildman–Crippen MR) is 63.3 cm³/mol. The van der Waals surface area contributed by atoms with Crippen LogP contribution >= 0.6 is 0 Å². The molecule has 0 aromatic rings. The SMILES string of the molecule is CCNCCN(C)CC1CN(C)CCO1. The van der Waals surface area contributed by atoms with Crippen molar-refractivity contribution < 1.29 is 4.74 Å². The molecule has 90 valence electrons. The van der Waals surface area contributed by atoms with E-state index in [9.17, 15) is 0 Å². The van der Waals surface area contributed by atoms with Crippen molar-refractivity contribution in [3.63, 3.8) is 0 Å². The van der Waals surface area contributed by atoms with Crippen LogP contribution in [0, 0.1) is 0 Å². The first-order chi connectivity index (χ1) is 7.22. The van der Waals surface area contributed by atoms with Gasteiger partial charge in [0.15, 0.2) is 0 Å². The summed E-state index contributed by atoms with van der Waals surface area (Å²) in [5, 5.41) is 3.33. The lowest BCUT2D eigenvalue weighted by atomic mass is 10.2. The third-order valence-corrected chi connectivity index (χ3v) is 2.78. The van der Waals surface area contributed by atoms with Gasteiger partial charge < -0.3 is 19.9 Å². The number of hydrogen-bond acceptors (Lipinski definition) is 4. The molecule has 1 aliphatic rings. The highest BCUT2D eigenvalue weighted by Crippen LogP contribution is 2.03. The lowest BCUT2D eigenvalue weighted by Crippen LogP contribution is -2.46. The molecule has 15 heavy (non-hydrogen) atoms. The van der Waals surface area contributed by atoms with E-state index in [0.29, 0.717) is 6.10 Å². The van der Waals surface area contributed by atoms with Crippen LogP contribution < -0.4 is 5.32 Å². The Labute approximate surface area is 93.6 Å². The number of rotatable bonds is 6. The zero-order chi connectivity index (χ0) is 11.1. The molecule has 1 heterocycles. The molecule has 1 aliphatic heterocycles. The summed E-state index contributed by atoms with van der Waals surface area (Å²) in [6, 6.07) is 0. The lowest BCUT2D eigenvalue weighted by molar-refractivity contribution is -0.0322. The number of nitrogens with zero attached hydrogens (tertiary/aromatic N) is 2. The quantitative estimate of drug-likeness (QED) is 0.624. The van der Waals surface area contributed by atoms with Crippen molar-refractivity contribution in [2.24, 2.45) is 0 Å². The summed E-state index contributed by atoms with van der Waals surface area (Å²) in [5.41, 5.74) is 0. The standard InChI is InChI=1S/C11H25N3O/c1-4-12-5-6-13(2)9-11-10-14(3)7-8-15-11/h11-12H,4-10H2,1-3H3. The molecule has 1 rings (SSSR count). The molecule has 0 aliphatic carbocycles. The molecular weight excluding hydrogens is 190 g/mol. The molecule has 1 atom stereocenters. The van der Waals surface area contributed by atoms with E-state index in [4.69, 9.17) is 4.74 Å². The number of ether oxygens (including phenoxy) is 1. The first-order valence-electron chi connectivity index (χ1n) is 5.91. The normalized spacial score (nSPS) is 23.6. The van der Waals surface area contributed by atoms with Gasteiger partial charge in [-0.1, -0.05) is 6.92 Å². The highest BCUT2D eigenvalue weighted by Gasteiger charge is 2.18. The molecule has 0 bridgehead atoms. The number of likely N-dealkylation sites (N-methyl/N-ethyl adjacent to an activating group) is 3. The van der Waals surface area contributed by atoms with Gasteiger partial charge in [0.25, 0.3) is 0 Å². The van der Waals surface area contributed by atoms with E-state index in [-0.39, 0.29) is 0 Å². The summed E-state index contributed by atoms with van der Waals surface area (Å²) < 4.78 is 5.72. The van der Waals surface area contributed by atoms with Crippen LogP contribution in [0.25, 0.3) is 0 Å². The highest BCUT2D eigenvalue weighted by molar-refractivity contribution is 4.72. The van der Waals surface area contributed by atoms with Crippen LogP contribution in [-0.2, 0) is 4.74 Å². The maximum Gasteiger partial charge on any atom is 0.0829 e. The van der Waals surface area contributed by atoms with Crippen LogP contribution in [0.3, 0.4) is 0 Å². The van der Waals surface area contributed by atoms with E-state index in [1.165, 1.54) is 0 Å². The molecule has 1 fully saturated rings. The summed E-state index contributed by atoms with van der Waals surface area (Å²) in [6.45, 7) is 9.39. The van der Waals surface area contributed by atoms with Gasteiger partial charge in [0.2, 0.25) is 0 Å². The van der Waals surface area contributed by atoms with E-state index < -0.39 is 0 Å². The zero-order valence-electron chi connectivity index (χ0n) is 10.3. The van der Waals surface area contributed by atoms with Crippen LogP contribution in [-0.4, -0.2) is 75.9 Å². The molecule has 4 nitrogen and oxygen atoms in total. The smallest absolute Gasteiger partial charge is 0.0829 e. The van der Waals surface area contributed by atoms with Crippen molar-refractivity contribution in [2.45, 2.75) is 13.0 Å². The number of hydrogen-bond donors (Lipinski definition) is 1. The van der Waals surface area contributed by atoms with Gasteiger partial charge in [-0.2, -0.15) is 0 Å². The third-order valence-electron chi connectivity index (χ3n) is 2.78. The minimum atomic E-state index is 0.385. The molecule has 1 unspecified atom stereocenters. The van der Waals surface area contributed by atoms with Crippen molar-refractivity contribution in [2.75, 3.05) is 60.0 Å². The molecule has 0 saturated carbocycles. The van der Waals surface area contributed by atoms with E-state index in [2.05, 4.69) is 36.1 Å². The second-order valence-electron chi connectivity index (χ2n) is 4.37. The molecule has 0 radical (unpaired) electrons. The Morgan fingerprint density at radius 2 is 2.33 bits per heavy atom. The second kappa shape index (κ2) is 7.17. The van der Waals surface area contributed by atoms with Gasteiger partial charge in [-0.15, -0.1) is 0 Å². The molecule has 0 aromatic carbocycles. The van der Waals surface area contributed by atoms with Crippen LogP contribution in [0.1, 0.15) is 6.92 Å². The summed E-state index contributed by atoms with van der Waals surface area (Å²) >= 11 is 0. The minimum Gasteiger partial charge on any atom is -0.374 e. The monoisotopic (exact) mass is 215 g/mol. The zero-order valence-corrected chi connectivity index (χ0v) is 10.3. The largest absolute Gasteiger partial charge is 0.374 e. The maximum absolute atomic E-state index is 5.72. The Kier molecular flexibility index (Phi) is 6.17. The molecule has 1 N–H and O–H groups in total. The maximum atomic E-state index is 5.72. The second-order valence-corrected chi connectivity index (χ2v) is 4.37. The van der Waals surface area contributed by atoms with E-state index in [1.54, 1.807) is 0 Å². The molecule has 0 aromatic heterocycles. The van der Waals surface area contributed by atoms with Gasteiger partial charge >= 0.3 is 0 Å². The Morgan fingerprint density at radius 1 is 1.53 bits per heavy atom. The van der Waals surface area contributed by atoms with Crippen molar-refractivity contribution in [3.8, 4) is 0 Å². The fourth-order valence-electron chi connectivity index (χ4n) is 1.86. The number of nitrogens with one attached hydrogen (secondary N) is 1. The average molecular weight is 215 g/mol. The Morgan fingerprint density at radius 3 is 3.00 bits per heavy atom. The Balaban J connectivity index is 2.10. The predicted octanol–water partition coefficient (Wildman–Crippen LogP) is -0.142. The topological polar surface area (TPSA) is 27.7 Å². The lowest BCUT2D eigenvalue weighted by Gasteiger charge is -2.32. The molecule has 1 saturated heterocycles. The summed E-state index contributed by atoms with van der Waals surface area (Å²) in [6.07, 6.45) is 0.385. The van der Waals surface area contributed by atoms with Crippen molar-refractivity contribution >= 4 is 0 Å². The Hall–Kier alpha value is -0.160. The van der Waals surface area contributed by atoms with Gasteiger partial charge in [0, 0.05) is 32.7 Å². The summed E-state index contributed by atoms with van der Waals surface area (Å²) in [4.78, 5) is 4.68. The first kappa shape index (κ1) is 12.9. The van der Waals surface area contributed by atoms with Crippen LogP contribution in [0.4, 0.5) is 0 Å². The van der Waals surface area contributed by atoms with Crippen molar-refractivity contribution in [1.29, 1.82) is 0 Å². The average Bonchev–Trinajstić information content (AvgIpc) is 2.18. The third kappa shape index (κ3) is 5.47. The fourth-order valence-corrected chi connectivity index (χ4v) is 1.86. The van der Waals surface area contributed by atoms with E-state index in [0.717, 1.165) is 45.9 Å². The van der Waals surface area contributed by atoms with Gasteiger partial charge in [-0.25, -0.2) is 0 Å². The van der Waals surface area contributed by atoms with Gasteiger partial charge in [-0.05, 0) is 20.6 Å². The van der Waals surface area contributed by atoms with E-state index in [1.807, 2.05) is 0 Å². The van der Waals surface area contributed by atoms with Gasteiger partial charge in [0.05, 0.1) is 12.7 Å².